The summed E-state index contributed by atoms with van der Waals surface area (Å²) in [5.74, 6) is 0.0462. The Bertz CT molecular complexity index is 739. The number of nitrogens with one attached hydrogen (secondary N) is 1. The molecule has 0 bridgehead atoms. The maximum Gasteiger partial charge on any atom is 0.322 e. The Labute approximate surface area is 117 Å². The highest BCUT2D eigenvalue weighted by Gasteiger charge is 2.14. The van der Waals surface area contributed by atoms with Crippen molar-refractivity contribution in [2.45, 2.75) is 0 Å². The molecule has 1 N–H and O–H groups in total. The van der Waals surface area contributed by atoms with Crippen molar-refractivity contribution in [1.29, 1.82) is 0 Å². The third-order valence-electron chi connectivity index (χ3n) is 2.38. The normalized spacial score (nSPS) is 10.4. The molecule has 0 aliphatic heterocycles. The van der Waals surface area contributed by atoms with Gasteiger partial charge < -0.3 is 8.94 Å². The molecule has 0 unspecified atom stereocenters. The first-order chi connectivity index (χ1) is 9.72. The summed E-state index contributed by atoms with van der Waals surface area (Å²) in [5.41, 5.74) is 0.386. The second-order valence-corrected chi connectivity index (χ2v) is 4.19. The van der Waals surface area contributed by atoms with E-state index >= 15 is 0 Å². The number of hydrogen-bond donors (Lipinski definition) is 1. The number of rotatable bonds is 3. The zero-order chi connectivity index (χ0) is 13.9. The molecule has 8 heteroatoms. The number of nitrogens with zero attached hydrogens (tertiary/aromatic N) is 3. The second-order valence-electron chi connectivity index (χ2n) is 3.75. The molecule has 0 fully saturated rings. The minimum absolute atomic E-state index is 0.0404. The summed E-state index contributed by atoms with van der Waals surface area (Å²) >= 11 is 5.81. The molecule has 0 radical (unpaired) electrons. The summed E-state index contributed by atoms with van der Waals surface area (Å²) in [7, 11) is 0. The van der Waals surface area contributed by atoms with Crippen molar-refractivity contribution < 1.29 is 13.7 Å². The van der Waals surface area contributed by atoms with Crippen LogP contribution in [0, 0.1) is 0 Å². The summed E-state index contributed by atoms with van der Waals surface area (Å²) in [6.07, 6.45) is 1.45. The van der Waals surface area contributed by atoms with Crippen molar-refractivity contribution in [1.82, 2.24) is 15.4 Å². The lowest BCUT2D eigenvalue weighted by Crippen LogP contribution is -2.11. The molecule has 0 atom stereocenters. The zero-order valence-electron chi connectivity index (χ0n) is 9.91. The highest BCUT2D eigenvalue weighted by Crippen LogP contribution is 2.19. The molecular formula is C12H7ClN4O3. The molecule has 0 spiro atoms. The molecule has 0 saturated carbocycles. The Hall–Kier alpha value is -2.67. The van der Waals surface area contributed by atoms with Crippen LogP contribution in [0.2, 0.25) is 5.02 Å². The van der Waals surface area contributed by atoms with Gasteiger partial charge in [0.05, 0.1) is 6.20 Å². The van der Waals surface area contributed by atoms with Crippen molar-refractivity contribution in [3.63, 3.8) is 0 Å². The van der Waals surface area contributed by atoms with E-state index < -0.39 is 5.91 Å². The molecule has 1 amide bonds. The summed E-state index contributed by atoms with van der Waals surface area (Å²) in [6.45, 7) is 0. The summed E-state index contributed by atoms with van der Waals surface area (Å²) in [6, 6.07) is 8.02. The molecule has 1 aromatic carbocycles. The molecule has 2 heterocycles. The van der Waals surface area contributed by atoms with Crippen LogP contribution in [0.25, 0.3) is 11.7 Å². The van der Waals surface area contributed by atoms with Crippen LogP contribution >= 0.6 is 11.6 Å². The van der Waals surface area contributed by atoms with E-state index in [1.165, 1.54) is 12.3 Å². The van der Waals surface area contributed by atoms with E-state index in [2.05, 4.69) is 20.7 Å². The third kappa shape index (κ3) is 2.52. The van der Waals surface area contributed by atoms with Gasteiger partial charge in [0.1, 0.15) is 0 Å². The van der Waals surface area contributed by atoms with E-state index in [4.69, 9.17) is 20.5 Å². The number of carbonyl (C=O) groups is 1. The van der Waals surface area contributed by atoms with Crippen LogP contribution in [0.5, 0.6) is 0 Å². The van der Waals surface area contributed by atoms with Gasteiger partial charge >= 0.3 is 6.01 Å². The minimum atomic E-state index is -0.403. The van der Waals surface area contributed by atoms with Gasteiger partial charge in [-0.15, -0.1) is 5.10 Å². The SMILES string of the molecule is O=C(Nc1nnc(-c2ccno2)o1)c1cccc(Cl)c1. The van der Waals surface area contributed by atoms with Gasteiger partial charge in [0.15, 0.2) is 0 Å². The van der Waals surface area contributed by atoms with Gasteiger partial charge in [0.2, 0.25) is 5.76 Å². The Morgan fingerprint density at radius 3 is 2.90 bits per heavy atom. The number of anilines is 1. The van der Waals surface area contributed by atoms with Crippen molar-refractivity contribution in [3.05, 3.63) is 47.1 Å². The third-order valence-corrected chi connectivity index (χ3v) is 2.62. The first-order valence-corrected chi connectivity index (χ1v) is 5.91. The van der Waals surface area contributed by atoms with E-state index in [9.17, 15) is 4.79 Å². The summed E-state index contributed by atoms with van der Waals surface area (Å²) < 4.78 is 10.1. The average molecular weight is 291 g/mol. The monoisotopic (exact) mass is 290 g/mol. The molecule has 7 nitrogen and oxygen atoms in total. The molecular weight excluding hydrogens is 284 g/mol. The van der Waals surface area contributed by atoms with Crippen molar-refractivity contribution >= 4 is 23.5 Å². The lowest BCUT2D eigenvalue weighted by molar-refractivity contribution is 0.102. The predicted octanol–water partition coefficient (Wildman–Crippen LogP) is 2.63. The summed E-state index contributed by atoms with van der Waals surface area (Å²) in [5, 5.41) is 13.9. The first kappa shape index (κ1) is 12.4. The van der Waals surface area contributed by atoms with Gasteiger partial charge in [-0.1, -0.05) is 27.9 Å². The molecule has 3 aromatic rings. The van der Waals surface area contributed by atoms with Gasteiger partial charge in [-0.3, -0.25) is 10.1 Å². The van der Waals surface area contributed by atoms with Gasteiger partial charge in [-0.05, 0) is 18.2 Å². The van der Waals surface area contributed by atoms with Crippen LogP contribution in [0.3, 0.4) is 0 Å². The molecule has 0 aliphatic rings. The van der Waals surface area contributed by atoms with E-state index in [-0.39, 0.29) is 11.9 Å². The number of carbonyl (C=O) groups excluding carboxylic acids is 1. The second kappa shape index (κ2) is 5.14. The fourth-order valence-electron chi connectivity index (χ4n) is 1.50. The van der Waals surface area contributed by atoms with E-state index in [0.717, 1.165) is 0 Å². The van der Waals surface area contributed by atoms with Crippen molar-refractivity contribution in [2.24, 2.45) is 0 Å². The summed E-state index contributed by atoms with van der Waals surface area (Å²) in [4.78, 5) is 11.9. The smallest absolute Gasteiger partial charge is 0.322 e. The number of aromatic nitrogens is 3. The van der Waals surface area contributed by atoms with E-state index in [1.807, 2.05) is 0 Å². The number of amides is 1. The minimum Gasteiger partial charge on any atom is -0.400 e. The molecule has 20 heavy (non-hydrogen) atoms. The van der Waals surface area contributed by atoms with Crippen LogP contribution < -0.4 is 5.32 Å². The Kier molecular flexibility index (Phi) is 3.18. The Morgan fingerprint density at radius 1 is 1.25 bits per heavy atom. The quantitative estimate of drug-likeness (QED) is 0.797. The van der Waals surface area contributed by atoms with Crippen molar-refractivity contribution in [2.75, 3.05) is 5.32 Å². The highest BCUT2D eigenvalue weighted by molar-refractivity contribution is 6.31. The van der Waals surface area contributed by atoms with Gasteiger partial charge in [0, 0.05) is 16.7 Å². The number of benzene rings is 1. The number of halogens is 1. The van der Waals surface area contributed by atoms with E-state index in [0.29, 0.717) is 16.3 Å². The molecule has 0 aliphatic carbocycles. The fourth-order valence-corrected chi connectivity index (χ4v) is 1.69. The van der Waals surface area contributed by atoms with Crippen LogP contribution in [0.15, 0.2) is 45.5 Å². The van der Waals surface area contributed by atoms with Crippen LogP contribution in [-0.4, -0.2) is 21.3 Å². The predicted molar refractivity (Wildman–Crippen MR) is 69.2 cm³/mol. The topological polar surface area (TPSA) is 94.1 Å². The first-order valence-electron chi connectivity index (χ1n) is 5.54. The van der Waals surface area contributed by atoms with Crippen LogP contribution in [0.1, 0.15) is 10.4 Å². The van der Waals surface area contributed by atoms with E-state index in [1.54, 1.807) is 24.3 Å². The maximum absolute atomic E-state index is 11.9. The largest absolute Gasteiger partial charge is 0.400 e. The Balaban J connectivity index is 1.77. The average Bonchev–Trinajstić information content (AvgIpc) is 3.08. The van der Waals surface area contributed by atoms with Crippen molar-refractivity contribution in [3.8, 4) is 11.7 Å². The van der Waals surface area contributed by atoms with Crippen LogP contribution in [-0.2, 0) is 0 Å². The van der Waals surface area contributed by atoms with Crippen LogP contribution in [0.4, 0.5) is 6.01 Å². The number of hydrogen-bond acceptors (Lipinski definition) is 6. The van der Waals surface area contributed by atoms with Gasteiger partial charge in [0.25, 0.3) is 11.8 Å². The molecule has 2 aromatic heterocycles. The lowest BCUT2D eigenvalue weighted by atomic mass is 10.2. The molecule has 3 rings (SSSR count). The zero-order valence-corrected chi connectivity index (χ0v) is 10.7. The fraction of sp³-hybridized carbons (Fsp3) is 0. The molecule has 0 saturated heterocycles. The molecule has 100 valence electrons. The van der Waals surface area contributed by atoms with Gasteiger partial charge in [-0.25, -0.2) is 0 Å². The standard InChI is InChI=1S/C12H7ClN4O3/c13-8-3-1-2-7(6-8)10(18)15-12-17-16-11(19-12)9-4-5-14-20-9/h1-6H,(H,15,17,18). The lowest BCUT2D eigenvalue weighted by Gasteiger charge is -2.00. The van der Waals surface area contributed by atoms with Gasteiger partial charge in [-0.2, -0.15) is 0 Å². The highest BCUT2D eigenvalue weighted by atomic mass is 35.5. The maximum atomic E-state index is 11.9. The Morgan fingerprint density at radius 2 is 2.15 bits per heavy atom.